The molecule has 2 N–H and O–H groups in total. The molecule has 5 nitrogen and oxygen atoms in total. The fraction of sp³-hybridized carbons (Fsp3) is 0.389. The zero-order valence-electron chi connectivity index (χ0n) is 14.1. The third-order valence-corrected chi connectivity index (χ3v) is 5.75. The monoisotopic (exact) mass is 376 g/mol. The van der Waals surface area contributed by atoms with E-state index in [1.807, 2.05) is 25.1 Å². The highest BCUT2D eigenvalue weighted by atomic mass is 35.5. The number of hydrogen-bond acceptors (Lipinski definition) is 6. The summed E-state index contributed by atoms with van der Waals surface area (Å²) >= 11 is 1.61. The zero-order chi connectivity index (χ0) is 16.6. The summed E-state index contributed by atoms with van der Waals surface area (Å²) in [6.45, 7) is 1.98. The lowest BCUT2D eigenvalue weighted by Gasteiger charge is -2.17. The number of halogens is 1. The Morgan fingerprint density at radius 3 is 2.60 bits per heavy atom. The molecule has 1 aliphatic carbocycles. The van der Waals surface area contributed by atoms with Gasteiger partial charge in [0.2, 0.25) is 0 Å². The smallest absolute Gasteiger partial charge is 0.269 e. The van der Waals surface area contributed by atoms with Crippen molar-refractivity contribution < 1.29 is 4.52 Å². The Labute approximate surface area is 157 Å². The van der Waals surface area contributed by atoms with Gasteiger partial charge in [0.15, 0.2) is 5.82 Å². The van der Waals surface area contributed by atoms with Gasteiger partial charge in [0, 0.05) is 6.42 Å². The lowest BCUT2D eigenvalue weighted by Crippen LogP contribution is -2.34. The molecule has 4 rings (SSSR count). The summed E-state index contributed by atoms with van der Waals surface area (Å²) in [7, 11) is 0. The third-order valence-electron chi connectivity index (χ3n) is 4.60. The highest BCUT2D eigenvalue weighted by Gasteiger charge is 2.36. The average molecular weight is 377 g/mol. The molecule has 7 heteroatoms. The summed E-state index contributed by atoms with van der Waals surface area (Å²) in [6, 6.07) is 10.3. The molecular formula is C18H21ClN4OS. The lowest BCUT2D eigenvalue weighted by molar-refractivity contribution is 0.373. The van der Waals surface area contributed by atoms with Crippen LogP contribution in [0, 0.1) is 6.92 Å². The van der Waals surface area contributed by atoms with Crippen LogP contribution in [0.2, 0.25) is 0 Å². The number of nitrogens with two attached hydrogens (primary N) is 1. The van der Waals surface area contributed by atoms with E-state index in [9.17, 15) is 0 Å². The van der Waals surface area contributed by atoms with E-state index in [-0.39, 0.29) is 12.4 Å². The molecule has 0 amide bonds. The van der Waals surface area contributed by atoms with E-state index in [2.05, 4.69) is 27.3 Å². The molecule has 1 aliphatic rings. The van der Waals surface area contributed by atoms with Gasteiger partial charge in [-0.3, -0.25) is 0 Å². The minimum atomic E-state index is -0.423. The Hall–Kier alpha value is -1.76. The molecule has 25 heavy (non-hydrogen) atoms. The summed E-state index contributed by atoms with van der Waals surface area (Å²) in [5.74, 6) is 1.17. The van der Waals surface area contributed by atoms with Crippen molar-refractivity contribution in [2.75, 3.05) is 0 Å². The molecule has 0 saturated heterocycles. The maximum Gasteiger partial charge on any atom is 0.269 e. The summed E-state index contributed by atoms with van der Waals surface area (Å²) in [4.78, 5) is 10.2. The molecule has 2 heterocycles. The van der Waals surface area contributed by atoms with Crippen molar-refractivity contribution in [3.05, 3.63) is 52.4 Å². The van der Waals surface area contributed by atoms with Crippen molar-refractivity contribution in [1.82, 2.24) is 15.1 Å². The largest absolute Gasteiger partial charge is 0.333 e. The molecular weight excluding hydrogens is 356 g/mol. The Morgan fingerprint density at radius 2 is 1.88 bits per heavy atom. The second-order valence-electron chi connectivity index (χ2n) is 6.47. The first kappa shape index (κ1) is 18.0. The number of hydrogen-bond donors (Lipinski definition) is 1. The lowest BCUT2D eigenvalue weighted by atomic mass is 9.99. The number of thiazole rings is 1. The van der Waals surface area contributed by atoms with Gasteiger partial charge in [-0.1, -0.05) is 48.3 Å². The standard InChI is InChI=1S/C18H20N4OS.ClH/c1-12-15(24-14(20-12)11-13-7-3-2-4-8-13)16-21-17(22-23-16)18(19)9-5-6-10-18;/h2-4,7-8H,5-6,9-11,19H2,1H3;1H. The predicted molar refractivity (Wildman–Crippen MR) is 101 cm³/mol. The van der Waals surface area contributed by atoms with Gasteiger partial charge in [0.05, 0.1) is 16.2 Å². The van der Waals surface area contributed by atoms with Crippen molar-refractivity contribution in [2.24, 2.45) is 5.73 Å². The van der Waals surface area contributed by atoms with Crippen LogP contribution >= 0.6 is 23.7 Å². The van der Waals surface area contributed by atoms with E-state index in [1.54, 1.807) is 11.3 Å². The predicted octanol–water partition coefficient (Wildman–Crippen LogP) is 4.24. The Kier molecular flexibility index (Phi) is 5.22. The van der Waals surface area contributed by atoms with Gasteiger partial charge < -0.3 is 10.3 Å². The Balaban J connectivity index is 0.00000182. The topological polar surface area (TPSA) is 77.8 Å². The van der Waals surface area contributed by atoms with E-state index < -0.39 is 5.54 Å². The van der Waals surface area contributed by atoms with Crippen LogP contribution in [-0.2, 0) is 12.0 Å². The summed E-state index contributed by atoms with van der Waals surface area (Å²) < 4.78 is 5.50. The van der Waals surface area contributed by atoms with E-state index in [0.717, 1.165) is 47.7 Å². The third kappa shape index (κ3) is 3.61. The van der Waals surface area contributed by atoms with Gasteiger partial charge in [-0.2, -0.15) is 4.98 Å². The minimum absolute atomic E-state index is 0. The van der Waals surface area contributed by atoms with Crippen molar-refractivity contribution in [2.45, 2.75) is 44.6 Å². The first-order valence-corrected chi connectivity index (χ1v) is 9.09. The average Bonchev–Trinajstić information content (AvgIpc) is 3.29. The van der Waals surface area contributed by atoms with Crippen molar-refractivity contribution in [1.29, 1.82) is 0 Å². The maximum atomic E-state index is 6.42. The quantitative estimate of drug-likeness (QED) is 0.736. The molecule has 1 saturated carbocycles. The number of aromatic nitrogens is 3. The van der Waals surface area contributed by atoms with Crippen molar-refractivity contribution in [3.8, 4) is 10.8 Å². The number of nitrogens with zero attached hydrogens (tertiary/aromatic N) is 3. The molecule has 0 unspecified atom stereocenters. The van der Waals surface area contributed by atoms with Crippen LogP contribution in [0.1, 0.15) is 47.8 Å². The Morgan fingerprint density at radius 1 is 1.16 bits per heavy atom. The normalized spacial score (nSPS) is 15.9. The zero-order valence-corrected chi connectivity index (χ0v) is 15.7. The van der Waals surface area contributed by atoms with Crippen molar-refractivity contribution >= 4 is 23.7 Å². The van der Waals surface area contributed by atoms with E-state index >= 15 is 0 Å². The number of benzene rings is 1. The second kappa shape index (κ2) is 7.23. The minimum Gasteiger partial charge on any atom is -0.333 e. The van der Waals surface area contributed by atoms with Crippen LogP contribution in [0.3, 0.4) is 0 Å². The Bertz CT molecular complexity index is 840. The molecule has 3 aromatic rings. The number of aryl methyl sites for hydroxylation is 1. The van der Waals surface area contributed by atoms with Gasteiger partial charge in [0.1, 0.15) is 4.88 Å². The van der Waals surface area contributed by atoms with Gasteiger partial charge >= 0.3 is 0 Å². The highest BCUT2D eigenvalue weighted by molar-refractivity contribution is 7.15. The van der Waals surface area contributed by atoms with Crippen LogP contribution in [0.15, 0.2) is 34.9 Å². The van der Waals surface area contributed by atoms with Crippen LogP contribution in [0.5, 0.6) is 0 Å². The van der Waals surface area contributed by atoms with Crippen molar-refractivity contribution in [3.63, 3.8) is 0 Å². The van der Waals surface area contributed by atoms with Gasteiger partial charge in [-0.15, -0.1) is 23.7 Å². The SMILES string of the molecule is Cc1nc(Cc2ccccc2)sc1-c1nc(C2(N)CCCC2)no1.Cl. The van der Waals surface area contributed by atoms with Crippen LogP contribution in [0.4, 0.5) is 0 Å². The summed E-state index contributed by atoms with van der Waals surface area (Å²) in [5, 5.41) is 5.20. The first-order chi connectivity index (χ1) is 11.6. The fourth-order valence-electron chi connectivity index (χ4n) is 3.24. The first-order valence-electron chi connectivity index (χ1n) is 8.28. The number of rotatable bonds is 4. The van der Waals surface area contributed by atoms with E-state index in [1.165, 1.54) is 5.56 Å². The molecule has 1 fully saturated rings. The van der Waals surface area contributed by atoms with Gasteiger partial charge in [0.25, 0.3) is 5.89 Å². The summed E-state index contributed by atoms with van der Waals surface area (Å²) in [5.41, 5.74) is 8.17. The molecule has 2 aromatic heterocycles. The van der Waals surface area contributed by atoms with E-state index in [4.69, 9.17) is 10.3 Å². The summed E-state index contributed by atoms with van der Waals surface area (Å²) in [6.07, 6.45) is 4.91. The highest BCUT2D eigenvalue weighted by Crippen LogP contribution is 2.37. The van der Waals surface area contributed by atoms with Gasteiger partial charge in [-0.25, -0.2) is 4.98 Å². The van der Waals surface area contributed by atoms with Crippen LogP contribution in [0.25, 0.3) is 10.8 Å². The second-order valence-corrected chi connectivity index (χ2v) is 7.55. The maximum absolute atomic E-state index is 6.42. The molecule has 0 aliphatic heterocycles. The molecule has 1 aromatic carbocycles. The van der Waals surface area contributed by atoms with Crippen LogP contribution < -0.4 is 5.73 Å². The molecule has 0 spiro atoms. The molecule has 132 valence electrons. The molecule has 0 bridgehead atoms. The fourth-order valence-corrected chi connectivity index (χ4v) is 4.26. The van der Waals surface area contributed by atoms with Gasteiger partial charge in [-0.05, 0) is 25.3 Å². The molecule has 0 atom stereocenters. The molecule has 0 radical (unpaired) electrons. The van der Waals surface area contributed by atoms with E-state index in [0.29, 0.717) is 11.7 Å². The van der Waals surface area contributed by atoms with Crippen LogP contribution in [-0.4, -0.2) is 15.1 Å².